The van der Waals surface area contributed by atoms with Crippen molar-refractivity contribution >= 4 is 108 Å². The number of ether oxygens (including phenoxy) is 1. The predicted molar refractivity (Wildman–Crippen MR) is 158 cm³/mol. The largest absolute Gasteiger partial charge is 0.482 e. The van der Waals surface area contributed by atoms with E-state index in [1.54, 1.807) is 30.3 Å². The quantitative estimate of drug-likeness (QED) is 0.208. The van der Waals surface area contributed by atoms with Gasteiger partial charge >= 0.3 is 6.03 Å². The van der Waals surface area contributed by atoms with Crippen LogP contribution in [0.1, 0.15) is 11.1 Å². The first-order chi connectivity index (χ1) is 18.4. The second-order valence-corrected chi connectivity index (χ2v) is 11.2. The maximum atomic E-state index is 13.3. The molecule has 1 fully saturated rings. The number of nitrogens with one attached hydrogen (secondary N) is 2. The number of rotatable bonds is 6. The lowest BCUT2D eigenvalue weighted by Crippen LogP contribution is -2.54. The molecule has 0 aromatic heterocycles. The predicted octanol–water partition coefficient (Wildman–Crippen LogP) is 7.16. The van der Waals surface area contributed by atoms with Gasteiger partial charge in [0.05, 0.1) is 20.2 Å². The van der Waals surface area contributed by atoms with Crippen molar-refractivity contribution in [2.75, 3.05) is 16.8 Å². The molecule has 8 nitrogen and oxygen atoms in total. The number of carbonyl (C=O) groups is 4. The first-order valence-electron chi connectivity index (χ1n) is 11.0. The maximum Gasteiger partial charge on any atom is 0.335 e. The van der Waals surface area contributed by atoms with Gasteiger partial charge in [-0.2, -0.15) is 0 Å². The SMILES string of the molecule is Cc1ccc(NC(=O)COc2c(Br)cc(Br)cc2/C=C2/C(=O)NC(=O)N(c3ccc(Cl)c(Cl)c3)C2=O)cc1Cl. The summed E-state index contributed by atoms with van der Waals surface area (Å²) in [5, 5.41) is 5.68. The van der Waals surface area contributed by atoms with Gasteiger partial charge in [0.1, 0.15) is 11.3 Å². The van der Waals surface area contributed by atoms with E-state index in [4.69, 9.17) is 39.5 Å². The molecular weight excluding hydrogens is 700 g/mol. The third-order valence-corrected chi connectivity index (χ3v) is 7.60. The van der Waals surface area contributed by atoms with Crippen molar-refractivity contribution in [3.8, 4) is 5.75 Å². The topological polar surface area (TPSA) is 105 Å². The molecule has 3 aromatic carbocycles. The number of halogens is 5. The maximum absolute atomic E-state index is 13.3. The van der Waals surface area contributed by atoms with Crippen molar-refractivity contribution < 1.29 is 23.9 Å². The van der Waals surface area contributed by atoms with E-state index in [1.807, 2.05) is 6.92 Å². The number of hydrogen-bond donors (Lipinski definition) is 2. The van der Waals surface area contributed by atoms with Crippen molar-refractivity contribution in [2.24, 2.45) is 0 Å². The molecule has 2 N–H and O–H groups in total. The molecule has 13 heteroatoms. The Kier molecular flexibility index (Phi) is 9.03. The number of anilines is 2. The number of barbiturate groups is 1. The zero-order valence-electron chi connectivity index (χ0n) is 19.8. The number of imide groups is 2. The number of aryl methyl sites for hydroxylation is 1. The van der Waals surface area contributed by atoms with Crippen molar-refractivity contribution in [1.82, 2.24) is 5.32 Å². The molecule has 1 saturated heterocycles. The summed E-state index contributed by atoms with van der Waals surface area (Å²) in [7, 11) is 0. The van der Waals surface area contributed by atoms with Gasteiger partial charge in [-0.15, -0.1) is 0 Å². The van der Waals surface area contributed by atoms with E-state index in [9.17, 15) is 19.2 Å². The van der Waals surface area contributed by atoms with Gasteiger partial charge in [-0.1, -0.05) is 56.8 Å². The Morgan fingerprint density at radius 1 is 1.00 bits per heavy atom. The highest BCUT2D eigenvalue weighted by atomic mass is 79.9. The van der Waals surface area contributed by atoms with Gasteiger partial charge in [-0.25, -0.2) is 9.69 Å². The molecular formula is C26H16Br2Cl3N3O5. The molecule has 0 radical (unpaired) electrons. The molecule has 1 aliphatic rings. The molecule has 200 valence electrons. The molecule has 0 spiro atoms. The van der Waals surface area contributed by atoms with E-state index in [0.29, 0.717) is 19.7 Å². The normalized spacial score (nSPS) is 14.5. The Bertz CT molecular complexity index is 1580. The number of nitrogens with zero attached hydrogens (tertiary/aromatic N) is 1. The number of carbonyl (C=O) groups excluding carboxylic acids is 4. The summed E-state index contributed by atoms with van der Waals surface area (Å²) >= 11 is 24.9. The zero-order valence-corrected chi connectivity index (χ0v) is 25.2. The zero-order chi connectivity index (χ0) is 28.4. The number of amides is 5. The number of benzene rings is 3. The van der Waals surface area contributed by atoms with Gasteiger partial charge in [0.25, 0.3) is 17.7 Å². The summed E-state index contributed by atoms with van der Waals surface area (Å²) in [6.45, 7) is 1.45. The summed E-state index contributed by atoms with van der Waals surface area (Å²) in [4.78, 5) is 51.8. The van der Waals surface area contributed by atoms with Crippen molar-refractivity contribution in [2.45, 2.75) is 6.92 Å². The van der Waals surface area contributed by atoms with Gasteiger partial charge < -0.3 is 10.1 Å². The minimum atomic E-state index is -0.944. The highest BCUT2D eigenvalue weighted by molar-refractivity contribution is 9.11. The highest BCUT2D eigenvalue weighted by Crippen LogP contribution is 2.36. The molecule has 0 unspecified atom stereocenters. The summed E-state index contributed by atoms with van der Waals surface area (Å²) in [6, 6.07) is 11.6. The fourth-order valence-electron chi connectivity index (χ4n) is 3.52. The van der Waals surface area contributed by atoms with Gasteiger partial charge in [0.15, 0.2) is 6.61 Å². The van der Waals surface area contributed by atoms with Gasteiger partial charge in [0, 0.05) is 20.7 Å². The second kappa shape index (κ2) is 12.1. The monoisotopic (exact) mass is 713 g/mol. The summed E-state index contributed by atoms with van der Waals surface area (Å²) in [5.74, 6) is -2.08. The van der Waals surface area contributed by atoms with Crippen molar-refractivity contribution in [1.29, 1.82) is 0 Å². The van der Waals surface area contributed by atoms with Crippen molar-refractivity contribution in [3.63, 3.8) is 0 Å². The van der Waals surface area contributed by atoms with Crippen LogP contribution in [0.2, 0.25) is 15.1 Å². The second-order valence-electron chi connectivity index (χ2n) is 8.16. The van der Waals surface area contributed by atoms with Crippen molar-refractivity contribution in [3.05, 3.63) is 89.2 Å². The fraction of sp³-hybridized carbons (Fsp3) is 0.0769. The van der Waals surface area contributed by atoms with Gasteiger partial charge in [-0.3, -0.25) is 19.7 Å². The summed E-state index contributed by atoms with van der Waals surface area (Å²) < 4.78 is 6.80. The van der Waals surface area contributed by atoms with E-state index in [1.165, 1.54) is 24.3 Å². The first-order valence-corrected chi connectivity index (χ1v) is 13.7. The minimum absolute atomic E-state index is 0.116. The molecule has 39 heavy (non-hydrogen) atoms. The van der Waals surface area contributed by atoms with Crippen LogP contribution in [0.4, 0.5) is 16.2 Å². The highest BCUT2D eigenvalue weighted by Gasteiger charge is 2.37. The van der Waals surface area contributed by atoms with Crippen LogP contribution in [0.15, 0.2) is 63.0 Å². The van der Waals surface area contributed by atoms with E-state index < -0.39 is 30.4 Å². The third kappa shape index (κ3) is 6.64. The molecule has 0 saturated carbocycles. The van der Waals surface area contributed by atoms with Gasteiger partial charge in [-0.05, 0) is 77.0 Å². The molecule has 1 aliphatic heterocycles. The van der Waals surface area contributed by atoms with Crippen LogP contribution < -0.4 is 20.3 Å². The Balaban J connectivity index is 1.62. The third-order valence-electron chi connectivity index (χ3n) is 5.40. The van der Waals surface area contributed by atoms with E-state index in [-0.39, 0.29) is 32.6 Å². The van der Waals surface area contributed by atoms with Crippen LogP contribution in [0.5, 0.6) is 5.75 Å². The Hall–Kier alpha value is -2.89. The molecule has 3 aromatic rings. The smallest absolute Gasteiger partial charge is 0.335 e. The lowest BCUT2D eigenvalue weighted by atomic mass is 10.1. The average molecular weight is 717 g/mol. The average Bonchev–Trinajstić information content (AvgIpc) is 2.85. The Morgan fingerprint density at radius 2 is 1.74 bits per heavy atom. The van der Waals surface area contributed by atoms with Crippen LogP contribution in [0, 0.1) is 6.92 Å². The number of hydrogen-bond acceptors (Lipinski definition) is 5. The van der Waals surface area contributed by atoms with E-state index >= 15 is 0 Å². The first kappa shape index (κ1) is 29.1. The van der Waals surface area contributed by atoms with E-state index in [2.05, 4.69) is 42.5 Å². The fourth-order valence-corrected chi connectivity index (χ4v) is 5.36. The molecule has 4 rings (SSSR count). The molecule has 0 bridgehead atoms. The van der Waals surface area contributed by atoms with Crippen LogP contribution in [-0.4, -0.2) is 30.4 Å². The standard InChI is InChI=1S/C26H16Br2Cl3N3O5/c1-12-2-3-15(9-20(12)30)32-22(35)11-39-23-13(6-14(27)8-18(23)28)7-17-24(36)33-26(38)34(25(17)37)16-4-5-19(29)21(31)10-16/h2-10H,11H2,1H3,(H,32,35)(H,33,36,38)/b17-7-. The van der Waals surface area contributed by atoms with Gasteiger partial charge in [0.2, 0.25) is 0 Å². The molecule has 5 amide bonds. The van der Waals surface area contributed by atoms with Crippen LogP contribution in [0.3, 0.4) is 0 Å². The Morgan fingerprint density at radius 3 is 2.44 bits per heavy atom. The minimum Gasteiger partial charge on any atom is -0.482 e. The lowest BCUT2D eigenvalue weighted by Gasteiger charge is -2.26. The summed E-state index contributed by atoms with van der Waals surface area (Å²) in [5.41, 5.74) is 1.40. The molecule has 0 aliphatic carbocycles. The molecule has 1 heterocycles. The van der Waals surface area contributed by atoms with Crippen LogP contribution in [-0.2, 0) is 14.4 Å². The molecule has 0 atom stereocenters. The van der Waals surface area contributed by atoms with Crippen LogP contribution >= 0.6 is 66.7 Å². The van der Waals surface area contributed by atoms with E-state index in [0.717, 1.165) is 10.5 Å². The van der Waals surface area contributed by atoms with Crippen LogP contribution in [0.25, 0.3) is 6.08 Å². The Labute approximate surface area is 254 Å². The lowest BCUT2D eigenvalue weighted by molar-refractivity contribution is -0.122. The summed E-state index contributed by atoms with van der Waals surface area (Å²) in [6.07, 6.45) is 1.26. The number of urea groups is 1.